The van der Waals surface area contributed by atoms with Crippen LogP contribution in [0.5, 0.6) is 0 Å². The Morgan fingerprint density at radius 1 is 1.30 bits per heavy atom. The van der Waals surface area contributed by atoms with Gasteiger partial charge in [0, 0.05) is 19.0 Å². The molecule has 1 aromatic carbocycles. The molecule has 0 bridgehead atoms. The molecule has 2 atom stereocenters. The van der Waals surface area contributed by atoms with Crippen molar-refractivity contribution in [2.24, 2.45) is 0 Å². The van der Waals surface area contributed by atoms with Crippen LogP contribution in [0.1, 0.15) is 37.8 Å². The zero-order chi connectivity index (χ0) is 16.6. The van der Waals surface area contributed by atoms with Gasteiger partial charge in [0.15, 0.2) is 11.6 Å². The topological polar surface area (TPSA) is 61.4 Å². The van der Waals surface area contributed by atoms with E-state index < -0.39 is 23.7 Å². The number of hydrogen-bond donors (Lipinski definition) is 2. The maximum Gasteiger partial charge on any atom is 0.315 e. The third kappa shape index (κ3) is 3.60. The summed E-state index contributed by atoms with van der Waals surface area (Å²) < 4.78 is 26.2. The molecule has 0 aromatic heterocycles. The Morgan fingerprint density at radius 2 is 2.04 bits per heavy atom. The van der Waals surface area contributed by atoms with Crippen LogP contribution >= 0.6 is 0 Å². The van der Waals surface area contributed by atoms with Crippen LogP contribution in [0.15, 0.2) is 18.2 Å². The summed E-state index contributed by atoms with van der Waals surface area (Å²) in [6.07, 6.45) is 2.39. The molecule has 0 spiro atoms. The maximum absolute atomic E-state index is 13.2. The highest BCUT2D eigenvalue weighted by Gasteiger charge is 2.39. The van der Waals surface area contributed by atoms with Crippen LogP contribution in [0, 0.1) is 11.6 Å². The van der Waals surface area contributed by atoms with Gasteiger partial charge < -0.3 is 15.5 Å². The third-order valence-corrected chi connectivity index (χ3v) is 4.27. The number of benzene rings is 1. The lowest BCUT2D eigenvalue weighted by atomic mass is 10.1. The summed E-state index contributed by atoms with van der Waals surface area (Å²) in [5, 5.41) is 5.44. The number of urea groups is 1. The highest BCUT2D eigenvalue weighted by Crippen LogP contribution is 2.30. The molecule has 23 heavy (non-hydrogen) atoms. The van der Waals surface area contributed by atoms with Gasteiger partial charge in [0.25, 0.3) is 0 Å². The second-order valence-electron chi connectivity index (χ2n) is 6.19. The van der Waals surface area contributed by atoms with E-state index in [9.17, 15) is 18.4 Å². The lowest BCUT2D eigenvalue weighted by Crippen LogP contribution is -2.44. The van der Waals surface area contributed by atoms with Crippen molar-refractivity contribution in [2.45, 2.75) is 44.3 Å². The van der Waals surface area contributed by atoms with E-state index in [1.54, 1.807) is 6.92 Å². The van der Waals surface area contributed by atoms with Crippen molar-refractivity contribution in [3.05, 3.63) is 35.4 Å². The van der Waals surface area contributed by atoms with Crippen LogP contribution in [0.4, 0.5) is 13.6 Å². The average Bonchev–Trinajstić information content (AvgIpc) is 3.26. The fourth-order valence-corrected chi connectivity index (χ4v) is 2.86. The molecule has 3 rings (SSSR count). The lowest BCUT2D eigenvalue weighted by molar-refractivity contribution is -0.128. The summed E-state index contributed by atoms with van der Waals surface area (Å²) in [6.45, 7) is 2.22. The maximum atomic E-state index is 13.2. The fourth-order valence-electron chi connectivity index (χ4n) is 2.86. The van der Waals surface area contributed by atoms with E-state index in [1.165, 1.54) is 6.07 Å². The number of nitrogens with zero attached hydrogens (tertiary/aromatic N) is 1. The predicted octanol–water partition coefficient (Wildman–Crippen LogP) is 2.09. The van der Waals surface area contributed by atoms with Crippen molar-refractivity contribution in [3.63, 3.8) is 0 Å². The zero-order valence-electron chi connectivity index (χ0n) is 12.8. The molecule has 2 fully saturated rings. The first-order valence-corrected chi connectivity index (χ1v) is 7.75. The smallest absolute Gasteiger partial charge is 0.315 e. The van der Waals surface area contributed by atoms with Crippen LogP contribution in [0.2, 0.25) is 0 Å². The number of carbonyl (C=O) groups is 2. The molecule has 1 aliphatic carbocycles. The van der Waals surface area contributed by atoms with E-state index >= 15 is 0 Å². The predicted molar refractivity (Wildman–Crippen MR) is 79.6 cm³/mol. The highest BCUT2D eigenvalue weighted by molar-refractivity contribution is 5.82. The van der Waals surface area contributed by atoms with E-state index in [2.05, 4.69) is 10.6 Å². The van der Waals surface area contributed by atoms with Crippen LogP contribution in [-0.4, -0.2) is 35.5 Å². The van der Waals surface area contributed by atoms with Gasteiger partial charge >= 0.3 is 6.03 Å². The third-order valence-electron chi connectivity index (χ3n) is 4.27. The number of halogens is 2. The number of amides is 3. The van der Waals surface area contributed by atoms with E-state index in [0.29, 0.717) is 24.6 Å². The fraction of sp³-hybridized carbons (Fsp3) is 0.500. The van der Waals surface area contributed by atoms with Crippen molar-refractivity contribution >= 4 is 11.9 Å². The summed E-state index contributed by atoms with van der Waals surface area (Å²) in [7, 11) is 0. The molecule has 1 saturated carbocycles. The van der Waals surface area contributed by atoms with Gasteiger partial charge in [-0.1, -0.05) is 6.07 Å². The standard InChI is InChI=1S/C16H19F2N3O2/c1-9(10-2-5-13(17)14(18)6-10)19-16(23)20-11-7-15(22)21(8-11)12-3-4-12/h2,5-6,9,11-12H,3-4,7-8H2,1H3,(H2,19,20,23)/t9-,11-/m0/s1. The minimum Gasteiger partial charge on any atom is -0.338 e. The number of carbonyl (C=O) groups excluding carboxylic acids is 2. The van der Waals surface area contributed by atoms with Crippen LogP contribution in [0.25, 0.3) is 0 Å². The van der Waals surface area contributed by atoms with Gasteiger partial charge in [0.1, 0.15) is 0 Å². The molecule has 1 saturated heterocycles. The van der Waals surface area contributed by atoms with E-state index in [4.69, 9.17) is 0 Å². The van der Waals surface area contributed by atoms with E-state index in [0.717, 1.165) is 25.0 Å². The Morgan fingerprint density at radius 3 is 2.70 bits per heavy atom. The monoisotopic (exact) mass is 323 g/mol. The second-order valence-corrected chi connectivity index (χ2v) is 6.19. The summed E-state index contributed by atoms with van der Waals surface area (Å²) in [6, 6.07) is 2.77. The summed E-state index contributed by atoms with van der Waals surface area (Å²) >= 11 is 0. The SMILES string of the molecule is C[C@H](NC(=O)N[C@H]1CC(=O)N(C2CC2)C1)c1ccc(F)c(F)c1. The first kappa shape index (κ1) is 15.7. The van der Waals surface area contributed by atoms with Gasteiger partial charge in [-0.2, -0.15) is 0 Å². The summed E-state index contributed by atoms with van der Waals surface area (Å²) in [5.41, 5.74) is 0.473. The van der Waals surface area contributed by atoms with Crippen molar-refractivity contribution < 1.29 is 18.4 Å². The van der Waals surface area contributed by atoms with Crippen LogP contribution in [-0.2, 0) is 4.79 Å². The molecule has 1 aliphatic heterocycles. The Labute approximate surface area is 133 Å². The zero-order valence-corrected chi connectivity index (χ0v) is 12.8. The molecule has 124 valence electrons. The Hall–Kier alpha value is -2.18. The van der Waals surface area contributed by atoms with E-state index in [-0.39, 0.29) is 11.9 Å². The van der Waals surface area contributed by atoms with Gasteiger partial charge in [-0.25, -0.2) is 13.6 Å². The lowest BCUT2D eigenvalue weighted by Gasteiger charge is -2.19. The largest absolute Gasteiger partial charge is 0.338 e. The van der Waals surface area contributed by atoms with Gasteiger partial charge in [0.05, 0.1) is 12.1 Å². The molecular formula is C16H19F2N3O2. The number of hydrogen-bond acceptors (Lipinski definition) is 2. The van der Waals surface area contributed by atoms with Crippen molar-refractivity contribution in [3.8, 4) is 0 Å². The van der Waals surface area contributed by atoms with Crippen molar-refractivity contribution in [2.75, 3.05) is 6.54 Å². The van der Waals surface area contributed by atoms with Crippen LogP contribution in [0.3, 0.4) is 0 Å². The minimum atomic E-state index is -0.946. The first-order chi connectivity index (χ1) is 10.9. The summed E-state index contributed by atoms with van der Waals surface area (Å²) in [5.74, 6) is -1.79. The quantitative estimate of drug-likeness (QED) is 0.891. The molecule has 7 heteroatoms. The minimum absolute atomic E-state index is 0.0754. The Balaban J connectivity index is 1.52. The van der Waals surface area contributed by atoms with Crippen molar-refractivity contribution in [1.82, 2.24) is 15.5 Å². The normalized spacial score (nSPS) is 22.1. The molecule has 1 heterocycles. The number of likely N-dealkylation sites (tertiary alicyclic amines) is 1. The molecule has 2 N–H and O–H groups in total. The van der Waals surface area contributed by atoms with Gasteiger partial charge in [-0.05, 0) is 37.5 Å². The molecule has 2 aliphatic rings. The van der Waals surface area contributed by atoms with Gasteiger partial charge in [-0.15, -0.1) is 0 Å². The second kappa shape index (κ2) is 6.14. The number of nitrogens with one attached hydrogen (secondary N) is 2. The summed E-state index contributed by atoms with van der Waals surface area (Å²) in [4.78, 5) is 25.7. The molecule has 0 radical (unpaired) electrons. The Kier molecular flexibility index (Phi) is 4.19. The molecule has 5 nitrogen and oxygen atoms in total. The molecule has 3 amide bonds. The molecular weight excluding hydrogens is 304 g/mol. The molecule has 1 aromatic rings. The van der Waals surface area contributed by atoms with Gasteiger partial charge in [-0.3, -0.25) is 4.79 Å². The number of rotatable bonds is 4. The van der Waals surface area contributed by atoms with Crippen LogP contribution < -0.4 is 10.6 Å². The Bertz CT molecular complexity index is 634. The average molecular weight is 323 g/mol. The highest BCUT2D eigenvalue weighted by atomic mass is 19.2. The van der Waals surface area contributed by atoms with Crippen molar-refractivity contribution in [1.29, 1.82) is 0 Å². The van der Waals surface area contributed by atoms with E-state index in [1.807, 2.05) is 4.90 Å². The first-order valence-electron chi connectivity index (χ1n) is 7.75. The van der Waals surface area contributed by atoms with Gasteiger partial charge in [0.2, 0.25) is 5.91 Å². The molecule has 0 unspecified atom stereocenters.